The largest absolute Gasteiger partial charge is 0.508 e. The molecule has 9 heteroatoms. The Balaban J connectivity index is 1.76. The Morgan fingerprint density at radius 2 is 1.75 bits per heavy atom. The van der Waals surface area contributed by atoms with Crippen LogP contribution in [-0.4, -0.2) is 73.3 Å². The standard InChI is InChI=1S/C27H35NO7S/c1-14-8-21(31)20(27-26(35)25(34)24(33)22(13-30)36-27)11-19(14)10-17-4-6-18(7-5-17)15(2)9-23(32)28-16(3)12-29/h4-8,11,15,22,24-27,29-31,33-35H,3,9-10,12-13H2,1-2H3,(H,28,32)/t15?,22-,24-,25+,26-,27+/m1/s1. The van der Waals surface area contributed by atoms with Crippen molar-refractivity contribution in [3.05, 3.63) is 76.5 Å². The number of aromatic hydroxyl groups is 1. The Morgan fingerprint density at radius 1 is 1.08 bits per heavy atom. The van der Waals surface area contributed by atoms with Crippen molar-refractivity contribution < 1.29 is 35.4 Å². The van der Waals surface area contributed by atoms with E-state index in [-0.39, 0.29) is 42.9 Å². The van der Waals surface area contributed by atoms with Gasteiger partial charge in [-0.15, -0.1) is 11.8 Å². The van der Waals surface area contributed by atoms with E-state index in [2.05, 4.69) is 11.9 Å². The number of carbonyl (C=O) groups is 1. The normalized spacial score (nSPS) is 24.8. The van der Waals surface area contributed by atoms with E-state index >= 15 is 0 Å². The van der Waals surface area contributed by atoms with Gasteiger partial charge in [0.05, 0.1) is 35.9 Å². The minimum Gasteiger partial charge on any atom is -0.508 e. The summed E-state index contributed by atoms with van der Waals surface area (Å²) < 4.78 is 0. The molecule has 6 atom stereocenters. The molecule has 2 aromatic carbocycles. The average Bonchev–Trinajstić information content (AvgIpc) is 2.85. The zero-order valence-electron chi connectivity index (χ0n) is 20.5. The van der Waals surface area contributed by atoms with Crippen LogP contribution in [0.3, 0.4) is 0 Å². The fourth-order valence-corrected chi connectivity index (χ4v) is 5.84. The number of thioether (sulfide) groups is 1. The lowest BCUT2D eigenvalue weighted by Crippen LogP contribution is -2.51. The third-order valence-corrected chi connectivity index (χ3v) is 8.23. The number of aliphatic hydroxyl groups is 5. The van der Waals surface area contributed by atoms with Crippen LogP contribution in [0.25, 0.3) is 0 Å². The van der Waals surface area contributed by atoms with E-state index in [0.29, 0.717) is 12.0 Å². The molecule has 0 bridgehead atoms. The van der Waals surface area contributed by atoms with Crippen LogP contribution in [0.2, 0.25) is 0 Å². The third-order valence-electron chi connectivity index (χ3n) is 6.63. The number of aliphatic hydroxyl groups excluding tert-OH is 5. The van der Waals surface area contributed by atoms with E-state index in [0.717, 1.165) is 34.0 Å². The Hall–Kier alpha value is -2.40. The Kier molecular flexibility index (Phi) is 9.57. The molecule has 0 aliphatic carbocycles. The van der Waals surface area contributed by atoms with Crippen molar-refractivity contribution in [3.8, 4) is 5.75 Å². The highest BCUT2D eigenvalue weighted by Gasteiger charge is 2.44. The van der Waals surface area contributed by atoms with Gasteiger partial charge in [0.15, 0.2) is 0 Å². The molecule has 1 heterocycles. The average molecular weight is 518 g/mol. The predicted octanol–water partition coefficient (Wildman–Crippen LogP) is 1.64. The van der Waals surface area contributed by atoms with Gasteiger partial charge in [0.25, 0.3) is 0 Å². The molecule has 1 amide bonds. The van der Waals surface area contributed by atoms with Crippen LogP contribution < -0.4 is 5.32 Å². The van der Waals surface area contributed by atoms with Crippen molar-refractivity contribution in [1.29, 1.82) is 0 Å². The molecule has 0 aromatic heterocycles. The summed E-state index contributed by atoms with van der Waals surface area (Å²) in [5.74, 6) is -0.250. The van der Waals surface area contributed by atoms with E-state index in [9.17, 15) is 30.3 Å². The molecule has 0 spiro atoms. The molecule has 36 heavy (non-hydrogen) atoms. The molecule has 0 radical (unpaired) electrons. The number of nitrogens with one attached hydrogen (secondary N) is 1. The van der Waals surface area contributed by atoms with Crippen molar-refractivity contribution in [2.45, 2.75) is 61.4 Å². The van der Waals surface area contributed by atoms with Crippen LogP contribution in [0.4, 0.5) is 0 Å². The number of amides is 1. The number of benzene rings is 2. The van der Waals surface area contributed by atoms with Crippen molar-refractivity contribution >= 4 is 17.7 Å². The summed E-state index contributed by atoms with van der Waals surface area (Å²) in [6.45, 7) is 6.73. The third kappa shape index (κ3) is 6.47. The monoisotopic (exact) mass is 517 g/mol. The maximum Gasteiger partial charge on any atom is 0.224 e. The smallest absolute Gasteiger partial charge is 0.224 e. The van der Waals surface area contributed by atoms with Crippen LogP contribution in [0, 0.1) is 6.92 Å². The van der Waals surface area contributed by atoms with Crippen molar-refractivity contribution in [3.63, 3.8) is 0 Å². The molecule has 0 saturated carbocycles. The lowest BCUT2D eigenvalue weighted by Gasteiger charge is -2.40. The minimum atomic E-state index is -1.43. The van der Waals surface area contributed by atoms with Gasteiger partial charge >= 0.3 is 0 Å². The van der Waals surface area contributed by atoms with Gasteiger partial charge in [-0.2, -0.15) is 0 Å². The first kappa shape index (κ1) is 28.2. The van der Waals surface area contributed by atoms with Crippen LogP contribution in [0.15, 0.2) is 48.7 Å². The van der Waals surface area contributed by atoms with E-state index < -0.39 is 28.8 Å². The predicted molar refractivity (Wildman–Crippen MR) is 139 cm³/mol. The van der Waals surface area contributed by atoms with Gasteiger partial charge in [-0.1, -0.05) is 43.8 Å². The van der Waals surface area contributed by atoms with Gasteiger partial charge in [0, 0.05) is 17.7 Å². The van der Waals surface area contributed by atoms with E-state index in [1.807, 2.05) is 38.1 Å². The summed E-state index contributed by atoms with van der Waals surface area (Å²) in [6, 6.07) is 11.3. The summed E-state index contributed by atoms with van der Waals surface area (Å²) in [6.07, 6.45) is -3.18. The summed E-state index contributed by atoms with van der Waals surface area (Å²) in [4.78, 5) is 12.1. The second-order valence-electron chi connectivity index (χ2n) is 9.42. The SMILES string of the molecule is C=C(CO)NC(=O)CC(C)c1ccc(Cc2cc([C@@H]3S[C@H](CO)[C@@H](O)[C@H](O)[C@H]3O)c(O)cc2C)cc1. The molecule has 1 unspecified atom stereocenters. The molecule has 1 fully saturated rings. The zero-order valence-corrected chi connectivity index (χ0v) is 21.3. The van der Waals surface area contributed by atoms with E-state index in [1.165, 1.54) is 0 Å². The van der Waals surface area contributed by atoms with Gasteiger partial charge in [-0.05, 0) is 47.6 Å². The second kappa shape index (κ2) is 12.2. The zero-order chi connectivity index (χ0) is 26.6. The molecule has 1 saturated heterocycles. The quantitative estimate of drug-likeness (QED) is 0.265. The van der Waals surface area contributed by atoms with E-state index in [1.54, 1.807) is 12.1 Å². The van der Waals surface area contributed by atoms with Gasteiger partial charge in [-0.3, -0.25) is 4.79 Å². The highest BCUT2D eigenvalue weighted by Crippen LogP contribution is 2.46. The number of carbonyl (C=O) groups excluding carboxylic acids is 1. The lowest BCUT2D eigenvalue weighted by molar-refractivity contribution is -0.120. The molecule has 8 nitrogen and oxygen atoms in total. The molecular weight excluding hydrogens is 482 g/mol. The molecule has 1 aliphatic heterocycles. The molecule has 7 N–H and O–H groups in total. The molecular formula is C27H35NO7S. The number of phenolic OH excluding ortho intramolecular Hbond substituents is 1. The van der Waals surface area contributed by atoms with Crippen LogP contribution in [0.5, 0.6) is 5.75 Å². The number of phenols is 1. The summed E-state index contributed by atoms with van der Waals surface area (Å²) in [7, 11) is 0. The highest BCUT2D eigenvalue weighted by atomic mass is 32.2. The first-order chi connectivity index (χ1) is 17.0. The number of rotatable bonds is 9. The fourth-order valence-electron chi connectivity index (χ4n) is 4.40. The van der Waals surface area contributed by atoms with Crippen LogP contribution >= 0.6 is 11.8 Å². The Morgan fingerprint density at radius 3 is 2.36 bits per heavy atom. The van der Waals surface area contributed by atoms with Gasteiger partial charge in [-0.25, -0.2) is 0 Å². The molecule has 2 aromatic rings. The summed E-state index contributed by atoms with van der Waals surface area (Å²) >= 11 is 1.13. The first-order valence-corrected chi connectivity index (χ1v) is 12.8. The number of hydrogen-bond donors (Lipinski definition) is 7. The number of aryl methyl sites for hydroxylation is 1. The molecule has 3 rings (SSSR count). The van der Waals surface area contributed by atoms with Gasteiger partial charge in [0.1, 0.15) is 11.9 Å². The Bertz CT molecular complexity index is 1070. The van der Waals surface area contributed by atoms with E-state index in [4.69, 9.17) is 5.11 Å². The molecule has 196 valence electrons. The number of hydrogen-bond acceptors (Lipinski definition) is 8. The Labute approximate surface area is 215 Å². The minimum absolute atomic E-state index is 0.0144. The van der Waals surface area contributed by atoms with Gasteiger partial charge in [0.2, 0.25) is 5.91 Å². The van der Waals surface area contributed by atoms with Crippen LogP contribution in [-0.2, 0) is 11.2 Å². The topological polar surface area (TPSA) is 150 Å². The maximum absolute atomic E-state index is 12.1. The van der Waals surface area contributed by atoms with Crippen molar-refractivity contribution in [2.24, 2.45) is 0 Å². The second-order valence-corrected chi connectivity index (χ2v) is 10.8. The molecule has 1 aliphatic rings. The lowest BCUT2D eigenvalue weighted by atomic mass is 9.91. The van der Waals surface area contributed by atoms with Crippen molar-refractivity contribution in [2.75, 3.05) is 13.2 Å². The van der Waals surface area contributed by atoms with Gasteiger partial charge < -0.3 is 36.0 Å². The highest BCUT2D eigenvalue weighted by molar-refractivity contribution is 8.00. The fraction of sp³-hybridized carbons (Fsp3) is 0.444. The summed E-state index contributed by atoms with van der Waals surface area (Å²) in [5, 5.41) is 61.3. The maximum atomic E-state index is 12.1. The van der Waals surface area contributed by atoms with Crippen LogP contribution in [0.1, 0.15) is 52.3 Å². The summed E-state index contributed by atoms with van der Waals surface area (Å²) in [5.41, 5.74) is 4.52. The van der Waals surface area contributed by atoms with Crippen molar-refractivity contribution in [1.82, 2.24) is 5.32 Å². The first-order valence-electron chi connectivity index (χ1n) is 11.9.